The second kappa shape index (κ2) is 10.4. The standard InChI is InChI=1S/C23H18BrN5O5S3/c24-16-5-9-19-20(13-16)36-23(26-19)28(25-14-17-6-10-21(35-17)29(31)32)22(30)15-3-7-18(8-4-15)37(33,34)27-11-1-2-12-27/h3-10,13-14H,1-2,11-12H2/b25-14+. The van der Waals surface area contributed by atoms with Crippen molar-refractivity contribution in [3.05, 3.63) is 79.6 Å². The topological polar surface area (TPSA) is 126 Å². The van der Waals surface area contributed by atoms with Gasteiger partial charge in [0.15, 0.2) is 0 Å². The molecule has 0 aliphatic carbocycles. The lowest BCUT2D eigenvalue weighted by atomic mass is 10.2. The Balaban J connectivity index is 1.49. The van der Waals surface area contributed by atoms with Crippen molar-refractivity contribution < 1.29 is 18.1 Å². The van der Waals surface area contributed by atoms with E-state index in [9.17, 15) is 23.3 Å². The lowest BCUT2D eigenvalue weighted by Crippen LogP contribution is -2.28. The molecule has 0 bridgehead atoms. The molecule has 1 aliphatic heterocycles. The molecule has 1 amide bonds. The smallest absolute Gasteiger partial charge is 0.267 e. The molecule has 0 N–H and O–H groups in total. The monoisotopic (exact) mass is 619 g/mol. The summed E-state index contributed by atoms with van der Waals surface area (Å²) in [4.78, 5) is 29.2. The maximum absolute atomic E-state index is 13.5. The number of benzene rings is 2. The fraction of sp³-hybridized carbons (Fsp3) is 0.174. The van der Waals surface area contributed by atoms with Gasteiger partial charge in [-0.3, -0.25) is 14.9 Å². The van der Waals surface area contributed by atoms with Crippen molar-refractivity contribution in [2.24, 2.45) is 5.10 Å². The average molecular weight is 621 g/mol. The van der Waals surface area contributed by atoms with E-state index < -0.39 is 20.9 Å². The summed E-state index contributed by atoms with van der Waals surface area (Å²) in [5, 5.41) is 16.7. The van der Waals surface area contributed by atoms with Gasteiger partial charge in [0.05, 0.1) is 31.1 Å². The molecule has 0 spiro atoms. The van der Waals surface area contributed by atoms with Crippen LogP contribution in [0.2, 0.25) is 0 Å². The summed E-state index contributed by atoms with van der Waals surface area (Å²) in [7, 11) is -3.62. The molecule has 37 heavy (non-hydrogen) atoms. The quantitative estimate of drug-likeness (QED) is 0.153. The van der Waals surface area contributed by atoms with Crippen LogP contribution in [0.5, 0.6) is 0 Å². The van der Waals surface area contributed by atoms with Crippen LogP contribution in [0.3, 0.4) is 0 Å². The van der Waals surface area contributed by atoms with Crippen molar-refractivity contribution >= 4 is 81.1 Å². The van der Waals surface area contributed by atoms with Crippen molar-refractivity contribution in [3.8, 4) is 0 Å². The van der Waals surface area contributed by atoms with Crippen molar-refractivity contribution in [3.63, 3.8) is 0 Å². The van der Waals surface area contributed by atoms with Gasteiger partial charge in [-0.15, -0.1) is 0 Å². The number of thiophene rings is 1. The molecular formula is C23H18BrN5O5S3. The Hall–Kier alpha value is -3.04. The van der Waals surface area contributed by atoms with Gasteiger partial charge < -0.3 is 0 Å². The largest absolute Gasteiger partial charge is 0.324 e. The molecule has 0 atom stereocenters. The molecule has 3 heterocycles. The van der Waals surface area contributed by atoms with Crippen LogP contribution in [0.1, 0.15) is 28.1 Å². The summed E-state index contributed by atoms with van der Waals surface area (Å²) in [6, 6.07) is 14.2. The number of sulfonamides is 1. The number of hydrogen-bond acceptors (Lipinski definition) is 9. The van der Waals surface area contributed by atoms with E-state index >= 15 is 0 Å². The number of nitro groups is 1. The lowest BCUT2D eigenvalue weighted by Gasteiger charge is -2.16. The van der Waals surface area contributed by atoms with Gasteiger partial charge in [0.25, 0.3) is 5.91 Å². The Bertz CT molecular complexity index is 1630. The number of carbonyl (C=O) groups is 1. The predicted octanol–water partition coefficient (Wildman–Crippen LogP) is 5.49. The molecule has 0 radical (unpaired) electrons. The summed E-state index contributed by atoms with van der Waals surface area (Å²) in [6.45, 7) is 0.972. The zero-order valence-electron chi connectivity index (χ0n) is 19.0. The summed E-state index contributed by atoms with van der Waals surface area (Å²) >= 11 is 5.61. The van der Waals surface area contributed by atoms with Crippen LogP contribution >= 0.6 is 38.6 Å². The van der Waals surface area contributed by atoms with E-state index in [-0.39, 0.29) is 15.5 Å². The van der Waals surface area contributed by atoms with E-state index in [0.29, 0.717) is 28.6 Å². The second-order valence-corrected chi connectivity index (χ2v) is 13.0. The van der Waals surface area contributed by atoms with E-state index in [4.69, 9.17) is 0 Å². The number of hydrogen-bond donors (Lipinski definition) is 0. The number of fused-ring (bicyclic) bond motifs is 1. The van der Waals surface area contributed by atoms with Crippen LogP contribution in [-0.2, 0) is 10.0 Å². The third kappa shape index (κ3) is 5.33. The van der Waals surface area contributed by atoms with Gasteiger partial charge in [-0.05, 0) is 61.4 Å². The maximum atomic E-state index is 13.5. The summed E-state index contributed by atoms with van der Waals surface area (Å²) < 4.78 is 28.8. The van der Waals surface area contributed by atoms with Crippen molar-refractivity contribution in [1.82, 2.24) is 9.29 Å². The number of hydrazone groups is 1. The molecule has 1 saturated heterocycles. The van der Waals surface area contributed by atoms with Gasteiger partial charge in [-0.2, -0.15) is 14.4 Å². The first-order chi connectivity index (χ1) is 17.7. The van der Waals surface area contributed by atoms with Crippen molar-refractivity contribution in [2.45, 2.75) is 17.7 Å². The normalized spacial score (nSPS) is 14.5. The van der Waals surface area contributed by atoms with Gasteiger partial charge in [-0.25, -0.2) is 13.4 Å². The van der Waals surface area contributed by atoms with Gasteiger partial charge in [0.2, 0.25) is 15.2 Å². The van der Waals surface area contributed by atoms with E-state index in [1.54, 1.807) is 6.07 Å². The van der Waals surface area contributed by atoms with E-state index in [2.05, 4.69) is 26.0 Å². The zero-order valence-corrected chi connectivity index (χ0v) is 23.0. The van der Waals surface area contributed by atoms with E-state index in [0.717, 1.165) is 38.4 Å². The van der Waals surface area contributed by atoms with Crippen molar-refractivity contribution in [1.29, 1.82) is 0 Å². The first-order valence-electron chi connectivity index (χ1n) is 11.0. The third-order valence-electron chi connectivity index (χ3n) is 5.61. The molecule has 2 aromatic heterocycles. The van der Waals surface area contributed by atoms with Gasteiger partial charge in [0, 0.05) is 29.2 Å². The highest BCUT2D eigenvalue weighted by molar-refractivity contribution is 9.10. The van der Waals surface area contributed by atoms with Crippen LogP contribution in [0.15, 0.2) is 69.1 Å². The number of anilines is 1. The number of amides is 1. The Morgan fingerprint density at radius 2 is 1.84 bits per heavy atom. The number of thiazole rings is 1. The molecule has 4 aromatic rings. The second-order valence-electron chi connectivity index (χ2n) is 8.04. The minimum Gasteiger partial charge on any atom is -0.267 e. The highest BCUT2D eigenvalue weighted by Crippen LogP contribution is 2.32. The summed E-state index contributed by atoms with van der Waals surface area (Å²) in [5.41, 5.74) is 0.894. The maximum Gasteiger partial charge on any atom is 0.324 e. The zero-order chi connectivity index (χ0) is 26.2. The Morgan fingerprint density at radius 3 is 2.51 bits per heavy atom. The predicted molar refractivity (Wildman–Crippen MR) is 147 cm³/mol. The molecule has 14 heteroatoms. The third-order valence-corrected chi connectivity index (χ3v) is 9.98. The summed E-state index contributed by atoms with van der Waals surface area (Å²) in [6.07, 6.45) is 3.02. The fourth-order valence-corrected chi connectivity index (χ4v) is 7.44. The van der Waals surface area contributed by atoms with Gasteiger partial charge in [-0.1, -0.05) is 38.6 Å². The molecule has 10 nitrogen and oxygen atoms in total. The van der Waals surface area contributed by atoms with Crippen LogP contribution in [0.25, 0.3) is 10.2 Å². The average Bonchev–Trinajstić information content (AvgIpc) is 3.65. The molecular weight excluding hydrogens is 602 g/mol. The first kappa shape index (κ1) is 25.6. The molecule has 190 valence electrons. The summed E-state index contributed by atoms with van der Waals surface area (Å²) in [5.74, 6) is -0.523. The van der Waals surface area contributed by atoms with E-state index in [1.165, 1.54) is 52.2 Å². The lowest BCUT2D eigenvalue weighted by molar-refractivity contribution is -0.380. The highest BCUT2D eigenvalue weighted by Gasteiger charge is 2.28. The number of carbonyl (C=O) groups excluding carboxylic acids is 1. The van der Waals surface area contributed by atoms with Crippen LogP contribution in [-0.4, -0.2) is 47.8 Å². The fourth-order valence-electron chi connectivity index (χ4n) is 3.76. The Kier molecular flexibility index (Phi) is 7.18. The number of aromatic nitrogens is 1. The molecule has 1 aliphatic rings. The SMILES string of the molecule is O=C(c1ccc(S(=O)(=O)N2CCCC2)cc1)N(/N=C/c1ccc([N+](=O)[O-])s1)c1nc2ccc(Br)cc2s1. The van der Waals surface area contributed by atoms with Crippen LogP contribution < -0.4 is 5.01 Å². The first-order valence-corrected chi connectivity index (χ1v) is 14.9. The minimum absolute atomic E-state index is 0.0426. The molecule has 0 saturated carbocycles. The number of rotatable bonds is 7. The minimum atomic E-state index is -3.62. The number of nitrogens with zero attached hydrogens (tertiary/aromatic N) is 5. The van der Waals surface area contributed by atoms with Crippen LogP contribution in [0.4, 0.5) is 10.1 Å². The molecule has 0 unspecified atom stereocenters. The molecule has 2 aromatic carbocycles. The van der Waals surface area contributed by atoms with Crippen LogP contribution in [0, 0.1) is 10.1 Å². The van der Waals surface area contributed by atoms with Crippen molar-refractivity contribution in [2.75, 3.05) is 18.1 Å². The Labute approximate surface area is 228 Å². The van der Waals surface area contributed by atoms with E-state index in [1.807, 2.05) is 18.2 Å². The highest BCUT2D eigenvalue weighted by atomic mass is 79.9. The van der Waals surface area contributed by atoms with Gasteiger partial charge in [0.1, 0.15) is 0 Å². The molecule has 1 fully saturated rings. The van der Waals surface area contributed by atoms with Gasteiger partial charge >= 0.3 is 5.00 Å². The molecule has 5 rings (SSSR count). The number of halogens is 1. The Morgan fingerprint density at radius 1 is 1.11 bits per heavy atom.